The van der Waals surface area contributed by atoms with Gasteiger partial charge in [-0.3, -0.25) is 0 Å². The van der Waals surface area contributed by atoms with E-state index < -0.39 is 0 Å². The molecular formula is C61H40N2S. The third-order valence-corrected chi connectivity index (χ3v) is 14.8. The van der Waals surface area contributed by atoms with Gasteiger partial charge in [-0.2, -0.15) is 0 Å². The van der Waals surface area contributed by atoms with Gasteiger partial charge in [0.2, 0.25) is 0 Å². The molecule has 0 atom stereocenters. The number of benzene rings is 10. The molecule has 1 aliphatic carbocycles. The highest BCUT2D eigenvalue weighted by Gasteiger charge is 2.36. The van der Waals surface area contributed by atoms with E-state index >= 15 is 0 Å². The molecule has 0 bridgehead atoms. The lowest BCUT2D eigenvalue weighted by atomic mass is 9.80. The van der Waals surface area contributed by atoms with Gasteiger partial charge >= 0.3 is 0 Å². The maximum absolute atomic E-state index is 5.33. The average molecular weight is 833 g/mol. The Balaban J connectivity index is 0.955. The van der Waals surface area contributed by atoms with Crippen LogP contribution in [-0.2, 0) is 5.41 Å². The lowest BCUT2D eigenvalue weighted by Crippen LogP contribution is -2.15. The highest BCUT2D eigenvalue weighted by Crippen LogP contribution is 2.52. The first-order valence-electron chi connectivity index (χ1n) is 22.1. The molecule has 13 rings (SSSR count). The predicted molar refractivity (Wildman–Crippen MR) is 272 cm³/mol. The Hall–Kier alpha value is -7.72. The topological polar surface area (TPSA) is 25.8 Å². The second-order valence-corrected chi connectivity index (χ2v) is 18.7. The van der Waals surface area contributed by atoms with Crippen LogP contribution in [-0.4, -0.2) is 9.97 Å². The minimum atomic E-state index is -0.112. The van der Waals surface area contributed by atoms with Crippen LogP contribution in [0.1, 0.15) is 25.0 Å². The van der Waals surface area contributed by atoms with E-state index in [4.69, 9.17) is 9.97 Å². The lowest BCUT2D eigenvalue weighted by Gasteiger charge is -2.22. The first-order valence-corrected chi connectivity index (χ1v) is 22.9. The van der Waals surface area contributed by atoms with Crippen LogP contribution in [0.2, 0.25) is 0 Å². The van der Waals surface area contributed by atoms with Crippen LogP contribution in [0.4, 0.5) is 0 Å². The van der Waals surface area contributed by atoms with Crippen LogP contribution >= 0.6 is 11.3 Å². The van der Waals surface area contributed by atoms with Crippen molar-refractivity contribution in [2.75, 3.05) is 0 Å². The van der Waals surface area contributed by atoms with Gasteiger partial charge in [0.05, 0.1) is 11.4 Å². The largest absolute Gasteiger partial charge is 0.228 e. The molecule has 0 saturated heterocycles. The van der Waals surface area contributed by atoms with Crippen molar-refractivity contribution < 1.29 is 0 Å². The summed E-state index contributed by atoms with van der Waals surface area (Å²) in [6, 6.07) is 75.4. The fourth-order valence-electron chi connectivity index (χ4n) is 10.6. The summed E-state index contributed by atoms with van der Waals surface area (Å²) >= 11 is 1.83. The van der Waals surface area contributed by atoms with Crippen LogP contribution < -0.4 is 0 Å². The molecule has 300 valence electrons. The maximum Gasteiger partial charge on any atom is 0.160 e. The van der Waals surface area contributed by atoms with Gasteiger partial charge in [0.15, 0.2) is 5.82 Å². The van der Waals surface area contributed by atoms with E-state index in [9.17, 15) is 0 Å². The summed E-state index contributed by atoms with van der Waals surface area (Å²) < 4.78 is 2.54. The highest BCUT2D eigenvalue weighted by atomic mass is 32.1. The molecule has 0 amide bonds. The van der Waals surface area contributed by atoms with Crippen molar-refractivity contribution >= 4 is 63.8 Å². The average Bonchev–Trinajstić information content (AvgIpc) is 3.84. The number of fused-ring (bicyclic) bond motifs is 9. The Kier molecular flexibility index (Phi) is 8.16. The van der Waals surface area contributed by atoms with E-state index in [1.54, 1.807) is 0 Å². The number of nitrogens with zero attached hydrogens (tertiary/aromatic N) is 2. The van der Waals surface area contributed by atoms with Gasteiger partial charge in [0, 0.05) is 42.3 Å². The number of thiophene rings is 1. The summed E-state index contributed by atoms with van der Waals surface area (Å²) in [5, 5.41) is 9.91. The van der Waals surface area contributed by atoms with Gasteiger partial charge in [-0.25, -0.2) is 9.97 Å². The monoisotopic (exact) mass is 832 g/mol. The Labute approximate surface area is 375 Å². The second-order valence-electron chi connectivity index (χ2n) is 17.6. The van der Waals surface area contributed by atoms with Crippen molar-refractivity contribution in [3.8, 4) is 67.3 Å². The van der Waals surface area contributed by atoms with Gasteiger partial charge in [-0.1, -0.05) is 184 Å². The molecule has 0 fully saturated rings. The molecule has 2 heterocycles. The molecule has 0 saturated carbocycles. The van der Waals surface area contributed by atoms with Gasteiger partial charge < -0.3 is 0 Å². The van der Waals surface area contributed by atoms with E-state index in [-0.39, 0.29) is 5.41 Å². The van der Waals surface area contributed by atoms with Crippen LogP contribution in [0.25, 0.3) is 120 Å². The summed E-state index contributed by atoms with van der Waals surface area (Å²) in [6.07, 6.45) is 0. The normalized spacial score (nSPS) is 13.0. The first kappa shape index (κ1) is 36.9. The van der Waals surface area contributed by atoms with E-state index in [0.717, 1.165) is 33.5 Å². The Morgan fingerprint density at radius 1 is 0.344 bits per heavy atom. The summed E-state index contributed by atoms with van der Waals surface area (Å²) in [5.41, 5.74) is 15.3. The highest BCUT2D eigenvalue weighted by molar-refractivity contribution is 7.25. The molecule has 10 aromatic carbocycles. The quantitative estimate of drug-likeness (QED) is 0.173. The zero-order chi connectivity index (χ0) is 42.5. The van der Waals surface area contributed by atoms with Crippen molar-refractivity contribution in [2.24, 2.45) is 0 Å². The van der Waals surface area contributed by atoms with Crippen molar-refractivity contribution in [1.82, 2.24) is 9.97 Å². The van der Waals surface area contributed by atoms with Crippen LogP contribution in [0.3, 0.4) is 0 Å². The van der Waals surface area contributed by atoms with Crippen LogP contribution in [0.15, 0.2) is 206 Å². The van der Waals surface area contributed by atoms with E-state index in [1.807, 2.05) is 17.4 Å². The molecule has 0 aliphatic heterocycles. The minimum absolute atomic E-state index is 0.112. The van der Waals surface area contributed by atoms with Gasteiger partial charge in [-0.15, -0.1) is 11.3 Å². The molecule has 3 heteroatoms. The van der Waals surface area contributed by atoms with Gasteiger partial charge in [-0.05, 0) is 113 Å². The van der Waals surface area contributed by atoms with E-state index in [0.29, 0.717) is 5.82 Å². The molecule has 0 N–H and O–H groups in total. The molecule has 0 unspecified atom stereocenters. The minimum Gasteiger partial charge on any atom is -0.228 e. The lowest BCUT2D eigenvalue weighted by molar-refractivity contribution is 0.661. The van der Waals surface area contributed by atoms with Gasteiger partial charge in [0.1, 0.15) is 0 Å². The number of hydrogen-bond donors (Lipinski definition) is 0. The van der Waals surface area contributed by atoms with Crippen LogP contribution in [0, 0.1) is 0 Å². The summed E-state index contributed by atoms with van der Waals surface area (Å²) in [4.78, 5) is 10.6. The maximum atomic E-state index is 5.33. The Morgan fingerprint density at radius 2 is 0.875 bits per heavy atom. The molecule has 1 aliphatic rings. The van der Waals surface area contributed by atoms with Crippen molar-refractivity contribution in [1.29, 1.82) is 0 Å². The van der Waals surface area contributed by atoms with Crippen molar-refractivity contribution in [2.45, 2.75) is 19.3 Å². The Bertz CT molecular complexity index is 3880. The van der Waals surface area contributed by atoms with Gasteiger partial charge in [0.25, 0.3) is 0 Å². The van der Waals surface area contributed by atoms with E-state index in [2.05, 4.69) is 214 Å². The SMILES string of the molecule is CC1(C)c2cc(-c3ccc(-c4ccc(-c5cc(-c6cccc7sc8ccccc8c67)nc(-c6ccccc6)n5)c5ccccc45)c4ccccc34)ccc2-c2cc3ccccc3cc21. The molecule has 0 spiro atoms. The summed E-state index contributed by atoms with van der Waals surface area (Å²) in [6.45, 7) is 4.76. The molecule has 2 nitrogen and oxygen atoms in total. The Morgan fingerprint density at radius 3 is 1.61 bits per heavy atom. The molecule has 12 aromatic rings. The molecule has 64 heavy (non-hydrogen) atoms. The zero-order valence-corrected chi connectivity index (χ0v) is 36.2. The summed E-state index contributed by atoms with van der Waals surface area (Å²) in [7, 11) is 0. The van der Waals surface area contributed by atoms with Crippen LogP contribution in [0.5, 0.6) is 0 Å². The molecular weight excluding hydrogens is 793 g/mol. The number of rotatable bonds is 5. The summed E-state index contributed by atoms with van der Waals surface area (Å²) in [5.74, 6) is 0.714. The zero-order valence-electron chi connectivity index (χ0n) is 35.4. The smallest absolute Gasteiger partial charge is 0.160 e. The molecule has 0 radical (unpaired) electrons. The fourth-order valence-corrected chi connectivity index (χ4v) is 11.7. The molecule has 2 aromatic heterocycles. The standard InChI is InChI=1S/C61H40N2S/c1-61(2)53-35-40(27-28-48(53)52-33-38-17-6-7-18-39(38)34-54(52)61)41-29-30-46(43-20-9-8-19-42(41)43)47-31-32-49(45-22-11-10-21-44(45)47)55-36-56(63-60(62-55)37-15-4-3-5-16-37)50-24-14-26-58-59(50)51-23-12-13-25-57(51)64-58/h3-36H,1-2H3. The first-order chi connectivity index (χ1) is 31.5. The number of hydrogen-bond acceptors (Lipinski definition) is 3. The predicted octanol–water partition coefficient (Wildman–Crippen LogP) is 16.9. The number of aromatic nitrogens is 2. The van der Waals surface area contributed by atoms with Crippen molar-refractivity contribution in [3.05, 3.63) is 217 Å². The second kappa shape index (κ2) is 14.2. The third-order valence-electron chi connectivity index (χ3n) is 13.7. The fraction of sp³-hybridized carbons (Fsp3) is 0.0492. The van der Waals surface area contributed by atoms with E-state index in [1.165, 1.54) is 91.6 Å². The third kappa shape index (κ3) is 5.64. The van der Waals surface area contributed by atoms with Crippen molar-refractivity contribution in [3.63, 3.8) is 0 Å².